The van der Waals surface area contributed by atoms with Crippen LogP contribution < -0.4 is 0 Å². The number of carboxylic acids is 1. The van der Waals surface area contributed by atoms with Crippen molar-refractivity contribution in [1.29, 1.82) is 0 Å². The van der Waals surface area contributed by atoms with Crippen LogP contribution in [0.2, 0.25) is 0 Å². The molecule has 1 aliphatic rings. The second-order valence-electron chi connectivity index (χ2n) is 5.83. The van der Waals surface area contributed by atoms with Gasteiger partial charge in [-0.3, -0.25) is 0 Å². The molecular formula is C18H23NO6. The van der Waals surface area contributed by atoms with Crippen LogP contribution in [-0.2, 0) is 20.7 Å². The summed E-state index contributed by atoms with van der Waals surface area (Å²) in [6, 6.07) is 9.70. The lowest BCUT2D eigenvalue weighted by Gasteiger charge is -2.34. The highest BCUT2D eigenvalue weighted by molar-refractivity contribution is 5.75. The Morgan fingerprint density at radius 1 is 1.24 bits per heavy atom. The van der Waals surface area contributed by atoms with Crippen molar-refractivity contribution in [3.8, 4) is 11.5 Å². The zero-order valence-electron chi connectivity index (χ0n) is 14.6. The first kappa shape index (κ1) is 19.1. The molecule has 1 fully saturated rings. The van der Waals surface area contributed by atoms with Gasteiger partial charge < -0.3 is 24.1 Å². The predicted molar refractivity (Wildman–Crippen MR) is 90.0 cm³/mol. The highest BCUT2D eigenvalue weighted by atomic mass is 16.7. The molecular weight excluding hydrogens is 326 g/mol. The molecule has 0 bridgehead atoms. The molecule has 0 atom stereocenters. The minimum absolute atomic E-state index is 0.0508. The number of aromatic nitrogens is 1. The van der Waals surface area contributed by atoms with E-state index in [1.54, 1.807) is 0 Å². The van der Waals surface area contributed by atoms with Crippen LogP contribution in [0.3, 0.4) is 0 Å². The van der Waals surface area contributed by atoms with Gasteiger partial charge in [0.2, 0.25) is 5.89 Å². The number of aliphatic hydroxyl groups excluding tert-OH is 1. The molecule has 1 aromatic heterocycles. The fourth-order valence-electron chi connectivity index (χ4n) is 2.48. The van der Waals surface area contributed by atoms with Crippen molar-refractivity contribution in [1.82, 2.24) is 4.98 Å². The van der Waals surface area contributed by atoms with Gasteiger partial charge in [-0.1, -0.05) is 18.2 Å². The Labute approximate surface area is 146 Å². The number of rotatable bonds is 4. The normalized spacial score (nSPS) is 22.8. The van der Waals surface area contributed by atoms with Crippen LogP contribution >= 0.6 is 0 Å². The van der Waals surface area contributed by atoms with Gasteiger partial charge in [0, 0.05) is 31.9 Å². The lowest BCUT2D eigenvalue weighted by Crippen LogP contribution is -2.48. The second kappa shape index (κ2) is 8.24. The van der Waals surface area contributed by atoms with Crippen molar-refractivity contribution in [2.45, 2.75) is 26.1 Å². The SMILES string of the molecule is CO.Cc1oc(-c2ccccc2)nc1CC1COC(C)(C(=O)O)OC1. The highest BCUT2D eigenvalue weighted by Crippen LogP contribution is 2.27. The summed E-state index contributed by atoms with van der Waals surface area (Å²) in [7, 11) is 1.00. The van der Waals surface area contributed by atoms with Gasteiger partial charge in [0.1, 0.15) is 5.76 Å². The van der Waals surface area contributed by atoms with Crippen molar-refractivity contribution in [2.75, 3.05) is 20.3 Å². The van der Waals surface area contributed by atoms with E-state index in [1.165, 1.54) is 6.92 Å². The molecule has 7 nitrogen and oxygen atoms in total. The van der Waals surface area contributed by atoms with Crippen LogP contribution in [0.4, 0.5) is 0 Å². The summed E-state index contributed by atoms with van der Waals surface area (Å²) in [5.41, 5.74) is 1.77. The first-order valence-electron chi connectivity index (χ1n) is 7.95. The molecule has 0 unspecified atom stereocenters. The lowest BCUT2D eigenvalue weighted by molar-refractivity contribution is -0.270. The smallest absolute Gasteiger partial charge is 0.364 e. The summed E-state index contributed by atoms with van der Waals surface area (Å²) in [5, 5.41) is 16.1. The van der Waals surface area contributed by atoms with Crippen molar-refractivity contribution >= 4 is 5.97 Å². The van der Waals surface area contributed by atoms with E-state index in [0.29, 0.717) is 25.5 Å². The third kappa shape index (κ3) is 4.45. The lowest BCUT2D eigenvalue weighted by atomic mass is 10.0. The van der Waals surface area contributed by atoms with E-state index in [0.717, 1.165) is 24.1 Å². The van der Waals surface area contributed by atoms with Gasteiger partial charge in [-0.25, -0.2) is 9.78 Å². The number of aliphatic hydroxyl groups is 1. The topological polar surface area (TPSA) is 102 Å². The number of nitrogens with zero attached hydrogens (tertiary/aromatic N) is 1. The standard InChI is InChI=1S/C17H19NO5.CH4O/c1-11-14(18-15(23-11)13-6-4-3-5-7-13)8-12-9-21-17(2,16(19)20)22-10-12;1-2/h3-7,12H,8-10H2,1-2H3,(H,19,20);2H,1H3. The average Bonchev–Trinajstić information content (AvgIpc) is 3.00. The molecule has 0 saturated carbocycles. The number of aryl methyl sites for hydroxylation is 1. The molecule has 1 aliphatic heterocycles. The number of carbonyl (C=O) groups is 1. The number of benzene rings is 1. The molecule has 3 rings (SSSR count). The van der Waals surface area contributed by atoms with E-state index >= 15 is 0 Å². The molecule has 2 aromatic rings. The molecule has 2 N–H and O–H groups in total. The maximum Gasteiger partial charge on any atom is 0.364 e. The Balaban J connectivity index is 0.00000109. The molecule has 0 spiro atoms. The molecule has 1 saturated heterocycles. The largest absolute Gasteiger partial charge is 0.477 e. The third-order valence-corrected chi connectivity index (χ3v) is 3.97. The van der Waals surface area contributed by atoms with E-state index in [9.17, 15) is 4.79 Å². The molecule has 0 amide bonds. The van der Waals surface area contributed by atoms with Gasteiger partial charge in [0.05, 0.1) is 18.9 Å². The van der Waals surface area contributed by atoms with Crippen LogP contribution in [0.5, 0.6) is 0 Å². The highest BCUT2D eigenvalue weighted by Gasteiger charge is 2.40. The minimum Gasteiger partial charge on any atom is -0.477 e. The Morgan fingerprint density at radius 2 is 1.84 bits per heavy atom. The Morgan fingerprint density at radius 3 is 2.40 bits per heavy atom. The maximum absolute atomic E-state index is 11.1. The fraction of sp³-hybridized carbons (Fsp3) is 0.444. The molecule has 0 aliphatic carbocycles. The molecule has 25 heavy (non-hydrogen) atoms. The van der Waals surface area contributed by atoms with Crippen LogP contribution in [0.15, 0.2) is 34.7 Å². The number of carboxylic acid groups (broad SMARTS) is 1. The molecule has 136 valence electrons. The summed E-state index contributed by atoms with van der Waals surface area (Å²) in [6.07, 6.45) is 0.623. The number of hydrogen-bond donors (Lipinski definition) is 2. The second-order valence-corrected chi connectivity index (χ2v) is 5.83. The fourth-order valence-corrected chi connectivity index (χ4v) is 2.48. The van der Waals surface area contributed by atoms with Crippen LogP contribution in [-0.4, -0.2) is 47.3 Å². The maximum atomic E-state index is 11.1. The Bertz CT molecular complexity index is 689. The molecule has 1 aromatic carbocycles. The van der Waals surface area contributed by atoms with Gasteiger partial charge in [0.25, 0.3) is 5.79 Å². The third-order valence-electron chi connectivity index (χ3n) is 3.97. The quantitative estimate of drug-likeness (QED) is 0.873. The van der Waals surface area contributed by atoms with Crippen LogP contribution in [0.1, 0.15) is 18.4 Å². The predicted octanol–water partition coefficient (Wildman–Crippen LogP) is 2.26. The zero-order chi connectivity index (χ0) is 18.4. The zero-order valence-corrected chi connectivity index (χ0v) is 14.6. The van der Waals surface area contributed by atoms with Gasteiger partial charge in [-0.05, 0) is 19.1 Å². The van der Waals surface area contributed by atoms with Gasteiger partial charge >= 0.3 is 5.97 Å². The van der Waals surface area contributed by atoms with Crippen LogP contribution in [0.25, 0.3) is 11.5 Å². The van der Waals surface area contributed by atoms with E-state index in [-0.39, 0.29) is 5.92 Å². The van der Waals surface area contributed by atoms with E-state index in [4.69, 9.17) is 24.1 Å². The summed E-state index contributed by atoms with van der Waals surface area (Å²) in [6.45, 7) is 3.92. The first-order valence-corrected chi connectivity index (χ1v) is 7.95. The van der Waals surface area contributed by atoms with Crippen molar-refractivity contribution < 1.29 is 28.9 Å². The van der Waals surface area contributed by atoms with E-state index < -0.39 is 11.8 Å². The Hall–Kier alpha value is -2.22. The monoisotopic (exact) mass is 349 g/mol. The number of hydrogen-bond acceptors (Lipinski definition) is 6. The minimum atomic E-state index is -1.55. The number of ether oxygens (including phenoxy) is 2. The van der Waals surface area contributed by atoms with Crippen molar-refractivity contribution in [3.63, 3.8) is 0 Å². The summed E-state index contributed by atoms with van der Waals surface area (Å²) < 4.78 is 16.5. The first-order chi connectivity index (χ1) is 12.0. The van der Waals surface area contributed by atoms with Gasteiger partial charge in [-0.2, -0.15) is 0 Å². The van der Waals surface area contributed by atoms with E-state index in [1.807, 2.05) is 37.3 Å². The molecule has 7 heteroatoms. The Kier molecular flexibility index (Phi) is 6.30. The van der Waals surface area contributed by atoms with Gasteiger partial charge in [-0.15, -0.1) is 0 Å². The van der Waals surface area contributed by atoms with Gasteiger partial charge in [0.15, 0.2) is 0 Å². The van der Waals surface area contributed by atoms with E-state index in [2.05, 4.69) is 4.98 Å². The van der Waals surface area contributed by atoms with Crippen LogP contribution in [0, 0.1) is 12.8 Å². The van der Waals surface area contributed by atoms with Crippen molar-refractivity contribution in [3.05, 3.63) is 41.8 Å². The molecule has 2 heterocycles. The summed E-state index contributed by atoms with van der Waals surface area (Å²) in [4.78, 5) is 15.6. The number of oxazole rings is 1. The number of aliphatic carboxylic acids is 1. The summed E-state index contributed by atoms with van der Waals surface area (Å²) >= 11 is 0. The summed E-state index contributed by atoms with van der Waals surface area (Å²) in [5.74, 6) is -1.26. The average molecular weight is 349 g/mol. The molecule has 0 radical (unpaired) electrons. The van der Waals surface area contributed by atoms with Crippen molar-refractivity contribution in [2.24, 2.45) is 5.92 Å².